The minimum Gasteiger partial charge on any atom is -0.455 e. The van der Waals surface area contributed by atoms with Crippen LogP contribution in [0, 0.1) is 0 Å². The number of para-hydroxylation sites is 1. The van der Waals surface area contributed by atoms with Gasteiger partial charge in [0.2, 0.25) is 0 Å². The molecule has 1 heterocycles. The molecule has 9 aromatic carbocycles. The Bertz CT molecular complexity index is 3340. The van der Waals surface area contributed by atoms with Gasteiger partial charge in [0.1, 0.15) is 11.0 Å². The molecule has 2 nitrogen and oxygen atoms in total. The molecule has 0 N–H and O–H groups in total. The van der Waals surface area contributed by atoms with Crippen molar-refractivity contribution in [2.45, 2.75) is 0 Å². The number of hydrogen-bond donors (Lipinski definition) is 0. The number of fused-ring (bicyclic) bond motifs is 8. The third-order valence-electron chi connectivity index (χ3n) is 11.1. The zero-order valence-corrected chi connectivity index (χ0v) is 30.4. The lowest BCUT2D eigenvalue weighted by Gasteiger charge is -2.26. The second-order valence-corrected chi connectivity index (χ2v) is 14.3. The Kier molecular flexibility index (Phi) is 7.44. The van der Waals surface area contributed by atoms with E-state index < -0.39 is 0 Å². The van der Waals surface area contributed by atoms with Gasteiger partial charge in [-0.3, -0.25) is 0 Å². The minimum absolute atomic E-state index is 0.821. The minimum atomic E-state index is 0.821. The summed E-state index contributed by atoms with van der Waals surface area (Å²) >= 11 is 0. The predicted molar refractivity (Wildman–Crippen MR) is 235 cm³/mol. The number of benzene rings is 9. The van der Waals surface area contributed by atoms with Crippen LogP contribution in [0.5, 0.6) is 0 Å². The summed E-state index contributed by atoms with van der Waals surface area (Å²) in [6.45, 7) is 0. The van der Waals surface area contributed by atoms with Crippen molar-refractivity contribution in [1.29, 1.82) is 0 Å². The fourth-order valence-corrected chi connectivity index (χ4v) is 8.42. The van der Waals surface area contributed by atoms with Crippen LogP contribution in [-0.2, 0) is 0 Å². The normalized spacial score (nSPS) is 11.9. The van der Waals surface area contributed by atoms with Gasteiger partial charge in [-0.05, 0) is 115 Å². The first-order chi connectivity index (χ1) is 27.8. The van der Waals surface area contributed by atoms with Crippen molar-refractivity contribution < 1.29 is 4.42 Å². The summed E-state index contributed by atoms with van der Waals surface area (Å²) < 4.78 is 6.36. The lowest BCUT2D eigenvalue weighted by molar-refractivity contribution is 0.576. The molecule has 1 aromatic heterocycles. The van der Waals surface area contributed by atoms with Crippen molar-refractivity contribution in [2.75, 3.05) is 4.90 Å². The SMILES string of the molecule is C1=C=c2c(oc3c(-c4ccc(N(c5ccc(-c6ccccc6)cc5)c5ccc(-c6cccc7ccc8ccc9ccccc9c8c67)cc5)cc4)cccc23)=CC=1. The van der Waals surface area contributed by atoms with Crippen LogP contribution in [0.3, 0.4) is 0 Å². The van der Waals surface area contributed by atoms with Gasteiger partial charge in [0.15, 0.2) is 0 Å². The quantitative estimate of drug-likeness (QED) is 0.126. The maximum atomic E-state index is 6.36. The van der Waals surface area contributed by atoms with Crippen molar-refractivity contribution in [1.82, 2.24) is 0 Å². The fraction of sp³-hybridized carbons (Fsp3) is 0. The maximum absolute atomic E-state index is 6.36. The Morgan fingerprint density at radius 2 is 0.929 bits per heavy atom. The third kappa shape index (κ3) is 5.29. The van der Waals surface area contributed by atoms with E-state index in [1.807, 2.05) is 12.2 Å². The highest BCUT2D eigenvalue weighted by atomic mass is 16.3. The average Bonchev–Trinajstić information content (AvgIpc) is 3.66. The molecule has 0 atom stereocenters. The van der Waals surface area contributed by atoms with Gasteiger partial charge in [-0.15, -0.1) is 0 Å². The van der Waals surface area contributed by atoms with Gasteiger partial charge in [-0.2, -0.15) is 0 Å². The van der Waals surface area contributed by atoms with E-state index in [1.165, 1.54) is 54.6 Å². The van der Waals surface area contributed by atoms with Gasteiger partial charge in [-0.1, -0.05) is 157 Å². The number of hydrogen-bond acceptors (Lipinski definition) is 2. The first-order valence-corrected chi connectivity index (χ1v) is 19.0. The van der Waals surface area contributed by atoms with E-state index in [4.69, 9.17) is 4.42 Å². The van der Waals surface area contributed by atoms with Crippen LogP contribution in [0.2, 0.25) is 0 Å². The van der Waals surface area contributed by atoms with Crippen molar-refractivity contribution in [3.8, 4) is 33.4 Å². The zero-order valence-electron chi connectivity index (χ0n) is 30.4. The Hall–Kier alpha value is -7.60. The van der Waals surface area contributed by atoms with Crippen LogP contribution in [0.25, 0.3) is 88.5 Å². The maximum Gasteiger partial charge on any atom is 0.144 e. The van der Waals surface area contributed by atoms with E-state index in [0.717, 1.165) is 49.8 Å². The molecule has 0 bridgehead atoms. The van der Waals surface area contributed by atoms with Crippen LogP contribution in [0.4, 0.5) is 17.1 Å². The molecule has 0 amide bonds. The van der Waals surface area contributed by atoms with E-state index >= 15 is 0 Å². The Morgan fingerprint density at radius 1 is 0.393 bits per heavy atom. The standard InChI is InChI=1S/C54H33NO/c1-2-10-36(11-3-1)37-24-30-43(31-25-37)55(45-34-28-40(29-35-45)48-17-9-18-50-49-15-6-7-19-51(49)56-54(48)50)44-32-26-39(27-33-44)47-16-8-13-41-22-23-42-21-20-38-12-4-5-14-46(38)53(42)52(41)47/h1-5,7-14,16-35H. The van der Waals surface area contributed by atoms with Crippen molar-refractivity contribution in [3.05, 3.63) is 210 Å². The molecule has 0 spiro atoms. The van der Waals surface area contributed by atoms with E-state index in [0.29, 0.717) is 0 Å². The molecule has 56 heavy (non-hydrogen) atoms. The summed E-state index contributed by atoms with van der Waals surface area (Å²) in [7, 11) is 0. The van der Waals surface area contributed by atoms with Crippen molar-refractivity contribution >= 4 is 72.2 Å². The van der Waals surface area contributed by atoms with Gasteiger partial charge in [0.05, 0.1) is 5.22 Å². The third-order valence-corrected chi connectivity index (χ3v) is 11.1. The zero-order chi connectivity index (χ0) is 37.0. The van der Waals surface area contributed by atoms with Gasteiger partial charge < -0.3 is 9.32 Å². The number of anilines is 3. The highest BCUT2D eigenvalue weighted by molar-refractivity contribution is 6.24. The molecule has 2 heteroatoms. The van der Waals surface area contributed by atoms with Crippen LogP contribution in [-0.4, -0.2) is 0 Å². The summed E-state index contributed by atoms with van der Waals surface area (Å²) in [6, 6.07) is 67.9. The molecule has 11 rings (SSSR count). The van der Waals surface area contributed by atoms with Crippen LogP contribution < -0.4 is 15.5 Å². The Balaban J connectivity index is 1.03. The van der Waals surface area contributed by atoms with E-state index in [9.17, 15) is 0 Å². The largest absolute Gasteiger partial charge is 0.455 e. The highest BCUT2D eigenvalue weighted by Gasteiger charge is 2.17. The molecule has 0 radical (unpaired) electrons. The van der Waals surface area contributed by atoms with E-state index in [2.05, 4.69) is 204 Å². The van der Waals surface area contributed by atoms with Crippen LogP contribution in [0.1, 0.15) is 0 Å². The highest BCUT2D eigenvalue weighted by Crippen LogP contribution is 2.41. The molecule has 0 saturated carbocycles. The number of rotatable bonds is 6. The summed E-state index contributed by atoms with van der Waals surface area (Å²) in [6.07, 6.45) is 3.80. The van der Waals surface area contributed by atoms with Crippen molar-refractivity contribution in [2.24, 2.45) is 0 Å². The Labute approximate surface area is 324 Å². The molecule has 0 saturated heterocycles. The first kappa shape index (κ1) is 31.9. The average molecular weight is 712 g/mol. The summed E-state index contributed by atoms with van der Waals surface area (Å²) in [5.41, 5.74) is 18.2. The molecule has 0 fully saturated rings. The number of furan rings is 1. The number of nitrogens with zero attached hydrogens (tertiary/aromatic N) is 1. The molecule has 260 valence electrons. The second-order valence-electron chi connectivity index (χ2n) is 14.3. The number of allylic oxidation sites excluding steroid dienone is 1. The fourth-order valence-electron chi connectivity index (χ4n) is 8.42. The molecule has 1 aliphatic carbocycles. The second kappa shape index (κ2) is 13.1. The molecule has 0 unspecified atom stereocenters. The Morgan fingerprint density at radius 3 is 1.66 bits per heavy atom. The van der Waals surface area contributed by atoms with E-state index in [-0.39, 0.29) is 0 Å². The first-order valence-electron chi connectivity index (χ1n) is 19.0. The van der Waals surface area contributed by atoms with Gasteiger partial charge in [0, 0.05) is 28.0 Å². The molecular weight excluding hydrogens is 679 g/mol. The van der Waals surface area contributed by atoms with Gasteiger partial charge >= 0.3 is 0 Å². The smallest absolute Gasteiger partial charge is 0.144 e. The summed E-state index contributed by atoms with van der Waals surface area (Å²) in [5.74, 6) is 0. The molecular formula is C54H33NO. The van der Waals surface area contributed by atoms with Crippen LogP contribution in [0.15, 0.2) is 204 Å². The molecule has 10 aromatic rings. The van der Waals surface area contributed by atoms with Crippen LogP contribution >= 0.6 is 0 Å². The lowest BCUT2D eigenvalue weighted by atomic mass is 9.91. The monoisotopic (exact) mass is 711 g/mol. The van der Waals surface area contributed by atoms with E-state index in [1.54, 1.807) is 0 Å². The predicted octanol–water partition coefficient (Wildman–Crippen LogP) is 13.2. The van der Waals surface area contributed by atoms with Crippen molar-refractivity contribution in [3.63, 3.8) is 0 Å². The molecule has 1 aliphatic rings. The van der Waals surface area contributed by atoms with Gasteiger partial charge in [-0.25, -0.2) is 0 Å². The van der Waals surface area contributed by atoms with Gasteiger partial charge in [0.25, 0.3) is 0 Å². The topological polar surface area (TPSA) is 16.4 Å². The lowest BCUT2D eigenvalue weighted by Crippen LogP contribution is -2.18. The summed E-state index contributed by atoms with van der Waals surface area (Å²) in [5, 5.41) is 9.62. The molecule has 0 aliphatic heterocycles. The summed E-state index contributed by atoms with van der Waals surface area (Å²) in [4.78, 5) is 2.33.